The third-order valence-corrected chi connectivity index (χ3v) is 5.61. The average molecular weight is 437 g/mol. The highest BCUT2D eigenvalue weighted by Gasteiger charge is 2.18. The lowest BCUT2D eigenvalue weighted by Crippen LogP contribution is -2.33. The molecule has 0 bridgehead atoms. The Hall–Kier alpha value is -2.61. The molecule has 6 nitrogen and oxygen atoms in total. The number of aryl methyl sites for hydroxylation is 1. The summed E-state index contributed by atoms with van der Waals surface area (Å²) in [5.41, 5.74) is 1.51. The minimum Gasteiger partial charge on any atom is -0.492 e. The van der Waals surface area contributed by atoms with E-state index >= 15 is 0 Å². The maximum atomic E-state index is 13.4. The Bertz CT molecular complexity index is 917. The molecule has 0 aliphatic rings. The van der Waals surface area contributed by atoms with Crippen molar-refractivity contribution in [2.75, 3.05) is 30.3 Å². The van der Waals surface area contributed by atoms with Crippen LogP contribution in [0.25, 0.3) is 0 Å². The molecule has 0 aliphatic carbocycles. The van der Waals surface area contributed by atoms with Crippen LogP contribution in [0.3, 0.4) is 0 Å². The first-order valence-electron chi connectivity index (χ1n) is 10.0. The van der Waals surface area contributed by atoms with Crippen LogP contribution in [-0.2, 0) is 21.2 Å². The van der Waals surface area contributed by atoms with E-state index in [0.29, 0.717) is 19.6 Å². The summed E-state index contributed by atoms with van der Waals surface area (Å²) in [5, 5.41) is 2.75. The number of halogens is 1. The lowest BCUT2D eigenvalue weighted by atomic mass is 10.1. The Morgan fingerprint density at radius 1 is 1.17 bits per heavy atom. The SMILES string of the molecule is CCCc1ccc(OCCNC(=O)CCCN(c2cccc(F)c2)S(C)(=O)=O)cc1. The maximum Gasteiger partial charge on any atom is 0.232 e. The summed E-state index contributed by atoms with van der Waals surface area (Å²) < 4.78 is 44.1. The van der Waals surface area contributed by atoms with Crippen LogP contribution in [0.1, 0.15) is 31.7 Å². The Balaban J connectivity index is 1.71. The van der Waals surface area contributed by atoms with Crippen LogP contribution >= 0.6 is 0 Å². The van der Waals surface area contributed by atoms with Gasteiger partial charge < -0.3 is 10.1 Å². The third kappa shape index (κ3) is 8.02. The molecule has 0 unspecified atom stereocenters. The molecule has 0 atom stereocenters. The summed E-state index contributed by atoms with van der Waals surface area (Å²) >= 11 is 0. The minimum absolute atomic E-state index is 0.0936. The number of hydrogen-bond donors (Lipinski definition) is 1. The molecule has 0 aliphatic heterocycles. The Labute approximate surface area is 178 Å². The molecular weight excluding hydrogens is 407 g/mol. The van der Waals surface area contributed by atoms with Gasteiger partial charge in [0.2, 0.25) is 15.9 Å². The second-order valence-corrected chi connectivity index (χ2v) is 8.92. The van der Waals surface area contributed by atoms with Gasteiger partial charge >= 0.3 is 0 Å². The van der Waals surface area contributed by atoms with E-state index < -0.39 is 15.8 Å². The molecule has 164 valence electrons. The van der Waals surface area contributed by atoms with Crippen LogP contribution in [0.15, 0.2) is 48.5 Å². The first kappa shape index (κ1) is 23.7. The number of nitrogens with one attached hydrogen (secondary N) is 1. The Morgan fingerprint density at radius 2 is 1.90 bits per heavy atom. The molecule has 2 rings (SSSR count). The van der Waals surface area contributed by atoms with Crippen molar-refractivity contribution in [3.63, 3.8) is 0 Å². The normalized spacial score (nSPS) is 11.2. The van der Waals surface area contributed by atoms with Gasteiger partial charge in [0, 0.05) is 13.0 Å². The number of benzene rings is 2. The monoisotopic (exact) mass is 436 g/mol. The highest BCUT2D eigenvalue weighted by molar-refractivity contribution is 7.92. The van der Waals surface area contributed by atoms with Crippen LogP contribution in [0, 0.1) is 5.82 Å². The Kier molecular flexibility index (Phi) is 9.11. The van der Waals surface area contributed by atoms with Crippen molar-refractivity contribution >= 4 is 21.6 Å². The summed E-state index contributed by atoms with van der Waals surface area (Å²) in [7, 11) is -3.58. The molecule has 0 aromatic heterocycles. The lowest BCUT2D eigenvalue weighted by Gasteiger charge is -2.22. The van der Waals surface area contributed by atoms with Gasteiger partial charge in [-0.3, -0.25) is 9.10 Å². The first-order chi connectivity index (χ1) is 14.3. The fourth-order valence-corrected chi connectivity index (χ4v) is 3.95. The smallest absolute Gasteiger partial charge is 0.232 e. The van der Waals surface area contributed by atoms with Gasteiger partial charge in [-0.15, -0.1) is 0 Å². The van der Waals surface area contributed by atoms with Crippen LogP contribution in [0.2, 0.25) is 0 Å². The fraction of sp³-hybridized carbons (Fsp3) is 0.409. The van der Waals surface area contributed by atoms with Crippen LogP contribution in [0.4, 0.5) is 10.1 Å². The zero-order valence-electron chi connectivity index (χ0n) is 17.4. The molecule has 8 heteroatoms. The fourth-order valence-electron chi connectivity index (χ4n) is 2.99. The molecule has 1 N–H and O–H groups in total. The van der Waals surface area contributed by atoms with Crippen LogP contribution in [0.5, 0.6) is 5.75 Å². The van der Waals surface area contributed by atoms with Gasteiger partial charge in [0.05, 0.1) is 18.5 Å². The van der Waals surface area contributed by atoms with Gasteiger partial charge in [-0.2, -0.15) is 0 Å². The number of amides is 1. The van der Waals surface area contributed by atoms with Gasteiger partial charge in [0.25, 0.3) is 0 Å². The number of carbonyl (C=O) groups is 1. The highest BCUT2D eigenvalue weighted by Crippen LogP contribution is 2.19. The molecular formula is C22H29FN2O4S. The molecule has 0 saturated carbocycles. The zero-order chi connectivity index (χ0) is 22.0. The lowest BCUT2D eigenvalue weighted by molar-refractivity contribution is -0.121. The molecule has 30 heavy (non-hydrogen) atoms. The number of nitrogens with zero attached hydrogens (tertiary/aromatic N) is 1. The van der Waals surface area contributed by atoms with Crippen molar-refractivity contribution in [2.24, 2.45) is 0 Å². The van der Waals surface area contributed by atoms with Crippen molar-refractivity contribution < 1.29 is 22.3 Å². The van der Waals surface area contributed by atoms with Crippen molar-refractivity contribution in [2.45, 2.75) is 32.6 Å². The summed E-state index contributed by atoms with van der Waals surface area (Å²) in [5.74, 6) is 0.0477. The van der Waals surface area contributed by atoms with Gasteiger partial charge in [-0.25, -0.2) is 12.8 Å². The number of carbonyl (C=O) groups excluding carboxylic acids is 1. The van der Waals surface area contributed by atoms with Crippen molar-refractivity contribution in [3.8, 4) is 5.75 Å². The van der Waals surface area contributed by atoms with E-state index in [0.717, 1.165) is 35.2 Å². The van der Waals surface area contributed by atoms with E-state index in [2.05, 4.69) is 12.2 Å². The second-order valence-electron chi connectivity index (χ2n) is 7.01. The molecule has 2 aromatic carbocycles. The number of ether oxygens (including phenoxy) is 1. The summed E-state index contributed by atoms with van der Waals surface area (Å²) in [4.78, 5) is 12.0. The number of hydrogen-bond acceptors (Lipinski definition) is 4. The summed E-state index contributed by atoms with van der Waals surface area (Å²) in [6, 6.07) is 13.3. The number of sulfonamides is 1. The van der Waals surface area contributed by atoms with Crippen molar-refractivity contribution in [1.29, 1.82) is 0 Å². The molecule has 0 radical (unpaired) electrons. The van der Waals surface area contributed by atoms with E-state index in [-0.39, 0.29) is 24.6 Å². The largest absolute Gasteiger partial charge is 0.492 e. The molecule has 0 spiro atoms. The minimum atomic E-state index is -3.58. The predicted molar refractivity (Wildman–Crippen MR) is 117 cm³/mol. The predicted octanol–water partition coefficient (Wildman–Crippen LogP) is 3.52. The van der Waals surface area contributed by atoms with E-state index in [9.17, 15) is 17.6 Å². The van der Waals surface area contributed by atoms with E-state index in [1.165, 1.54) is 23.8 Å². The topological polar surface area (TPSA) is 75.7 Å². The van der Waals surface area contributed by atoms with E-state index in [4.69, 9.17) is 4.74 Å². The first-order valence-corrected chi connectivity index (χ1v) is 11.9. The van der Waals surface area contributed by atoms with Gasteiger partial charge in [-0.1, -0.05) is 31.5 Å². The molecule has 0 fully saturated rings. The van der Waals surface area contributed by atoms with Crippen LogP contribution in [-0.4, -0.2) is 40.3 Å². The van der Waals surface area contributed by atoms with Gasteiger partial charge in [0.15, 0.2) is 0 Å². The molecule has 0 saturated heterocycles. The van der Waals surface area contributed by atoms with E-state index in [1.807, 2.05) is 24.3 Å². The van der Waals surface area contributed by atoms with Crippen molar-refractivity contribution in [3.05, 3.63) is 59.9 Å². The van der Waals surface area contributed by atoms with Crippen LogP contribution < -0.4 is 14.4 Å². The molecule has 2 aromatic rings. The Morgan fingerprint density at radius 3 is 2.53 bits per heavy atom. The van der Waals surface area contributed by atoms with E-state index in [1.54, 1.807) is 0 Å². The summed E-state index contributed by atoms with van der Waals surface area (Å²) in [6.07, 6.45) is 3.66. The standard InChI is InChI=1S/C22H29FN2O4S/c1-3-6-18-10-12-21(13-11-18)29-16-14-24-22(26)9-5-15-25(30(2,27)28)20-8-4-7-19(23)17-20/h4,7-8,10-13,17H,3,5-6,9,14-16H2,1-2H3,(H,24,26). The second kappa shape index (κ2) is 11.5. The average Bonchev–Trinajstić information content (AvgIpc) is 2.69. The molecule has 0 heterocycles. The van der Waals surface area contributed by atoms with Gasteiger partial charge in [-0.05, 0) is 48.7 Å². The van der Waals surface area contributed by atoms with Gasteiger partial charge in [0.1, 0.15) is 18.2 Å². The third-order valence-electron chi connectivity index (χ3n) is 4.42. The quantitative estimate of drug-likeness (QED) is 0.517. The zero-order valence-corrected chi connectivity index (χ0v) is 18.3. The number of rotatable bonds is 12. The van der Waals surface area contributed by atoms with Crippen molar-refractivity contribution in [1.82, 2.24) is 5.32 Å². The maximum absolute atomic E-state index is 13.4. The number of anilines is 1. The highest BCUT2D eigenvalue weighted by atomic mass is 32.2. The molecule has 1 amide bonds. The summed E-state index contributed by atoms with van der Waals surface area (Å²) in [6.45, 7) is 2.93.